The highest BCUT2D eigenvalue weighted by Crippen LogP contribution is 2.28. The lowest BCUT2D eigenvalue weighted by atomic mass is 10.1. The lowest BCUT2D eigenvalue weighted by molar-refractivity contribution is 0.949. The summed E-state index contributed by atoms with van der Waals surface area (Å²) in [5.41, 5.74) is 4.02. The molecule has 0 spiro atoms. The van der Waals surface area contributed by atoms with Crippen molar-refractivity contribution in [3.63, 3.8) is 0 Å². The summed E-state index contributed by atoms with van der Waals surface area (Å²) in [6.45, 7) is 3.36. The fraction of sp³-hybridized carbons (Fsp3) is 0.333. The first-order chi connectivity index (χ1) is 9.93. The van der Waals surface area contributed by atoms with Crippen molar-refractivity contribution >= 4 is 11.4 Å². The van der Waals surface area contributed by atoms with Crippen LogP contribution >= 0.6 is 0 Å². The Hall–Kier alpha value is -1.96. The number of para-hydroxylation sites is 2. The van der Waals surface area contributed by atoms with Crippen LogP contribution in [0.2, 0.25) is 0 Å². The van der Waals surface area contributed by atoms with E-state index in [4.69, 9.17) is 0 Å². The minimum Gasteiger partial charge on any atom is -0.383 e. The van der Waals surface area contributed by atoms with Crippen LogP contribution < -0.4 is 10.2 Å². The molecule has 104 valence electrons. The maximum atomic E-state index is 3.60. The van der Waals surface area contributed by atoms with Gasteiger partial charge < -0.3 is 10.2 Å². The Morgan fingerprint density at radius 1 is 0.850 bits per heavy atom. The summed E-state index contributed by atoms with van der Waals surface area (Å²) >= 11 is 0. The van der Waals surface area contributed by atoms with Crippen molar-refractivity contribution in [1.82, 2.24) is 0 Å². The van der Waals surface area contributed by atoms with Crippen molar-refractivity contribution in [2.75, 3.05) is 29.9 Å². The second-order valence-corrected chi connectivity index (χ2v) is 5.37. The second-order valence-electron chi connectivity index (χ2n) is 5.37. The highest BCUT2D eigenvalue weighted by Gasteiger charge is 2.14. The molecule has 0 bridgehead atoms. The topological polar surface area (TPSA) is 15.3 Å². The van der Waals surface area contributed by atoms with E-state index in [0.29, 0.717) is 0 Å². The van der Waals surface area contributed by atoms with Crippen LogP contribution in [0.5, 0.6) is 0 Å². The zero-order valence-corrected chi connectivity index (χ0v) is 11.9. The number of nitrogens with one attached hydrogen (secondary N) is 1. The van der Waals surface area contributed by atoms with Crippen LogP contribution in [0.1, 0.15) is 18.4 Å². The van der Waals surface area contributed by atoms with Gasteiger partial charge in [-0.05, 0) is 37.0 Å². The van der Waals surface area contributed by atoms with E-state index in [2.05, 4.69) is 64.8 Å². The average Bonchev–Trinajstić information content (AvgIpc) is 3.03. The molecular weight excluding hydrogens is 244 g/mol. The number of hydrogen-bond donors (Lipinski definition) is 1. The van der Waals surface area contributed by atoms with Gasteiger partial charge in [-0.15, -0.1) is 0 Å². The number of rotatable bonds is 5. The maximum Gasteiger partial charge on any atom is 0.0602 e. The number of anilines is 2. The summed E-state index contributed by atoms with van der Waals surface area (Å²) in [5.74, 6) is 0. The van der Waals surface area contributed by atoms with Gasteiger partial charge in [-0.3, -0.25) is 0 Å². The number of benzene rings is 2. The SMILES string of the molecule is c1ccc(CCNc2ccccc2N2CCCC2)cc1. The zero-order chi connectivity index (χ0) is 13.6. The highest BCUT2D eigenvalue weighted by atomic mass is 15.2. The van der Waals surface area contributed by atoms with E-state index in [1.165, 1.54) is 42.9 Å². The molecule has 2 heteroatoms. The Morgan fingerprint density at radius 2 is 1.55 bits per heavy atom. The van der Waals surface area contributed by atoms with Crippen LogP contribution in [0.4, 0.5) is 11.4 Å². The summed E-state index contributed by atoms with van der Waals surface area (Å²) in [5, 5.41) is 3.60. The summed E-state index contributed by atoms with van der Waals surface area (Å²) in [6.07, 6.45) is 3.70. The third-order valence-corrected chi connectivity index (χ3v) is 3.92. The van der Waals surface area contributed by atoms with Gasteiger partial charge in [0, 0.05) is 19.6 Å². The first-order valence-corrected chi connectivity index (χ1v) is 7.55. The van der Waals surface area contributed by atoms with E-state index in [9.17, 15) is 0 Å². The largest absolute Gasteiger partial charge is 0.383 e. The zero-order valence-electron chi connectivity index (χ0n) is 11.9. The molecule has 1 N–H and O–H groups in total. The van der Waals surface area contributed by atoms with Gasteiger partial charge in [0.1, 0.15) is 0 Å². The molecule has 2 nitrogen and oxygen atoms in total. The van der Waals surface area contributed by atoms with Gasteiger partial charge in [-0.25, -0.2) is 0 Å². The van der Waals surface area contributed by atoms with Gasteiger partial charge in [0.15, 0.2) is 0 Å². The minimum absolute atomic E-state index is 0.981. The predicted molar refractivity (Wildman–Crippen MR) is 86.5 cm³/mol. The monoisotopic (exact) mass is 266 g/mol. The van der Waals surface area contributed by atoms with E-state index in [1.54, 1.807) is 0 Å². The van der Waals surface area contributed by atoms with Gasteiger partial charge in [0.25, 0.3) is 0 Å². The van der Waals surface area contributed by atoms with Crippen molar-refractivity contribution < 1.29 is 0 Å². The van der Waals surface area contributed by atoms with Gasteiger partial charge in [-0.2, -0.15) is 0 Å². The molecule has 2 aromatic carbocycles. The molecule has 3 rings (SSSR count). The standard InChI is InChI=1S/C18H22N2/c1-2-8-16(9-3-1)12-13-19-17-10-4-5-11-18(17)20-14-6-7-15-20/h1-5,8-11,19H,6-7,12-15H2. The third kappa shape index (κ3) is 3.13. The molecule has 1 heterocycles. The van der Waals surface area contributed by atoms with Gasteiger partial charge in [0.2, 0.25) is 0 Å². The highest BCUT2D eigenvalue weighted by molar-refractivity contribution is 5.70. The van der Waals surface area contributed by atoms with Crippen molar-refractivity contribution in [3.05, 3.63) is 60.2 Å². The second kappa shape index (κ2) is 6.47. The van der Waals surface area contributed by atoms with Crippen LogP contribution in [0.15, 0.2) is 54.6 Å². The minimum atomic E-state index is 0.981. The summed E-state index contributed by atoms with van der Waals surface area (Å²) < 4.78 is 0. The molecule has 2 aromatic rings. The number of hydrogen-bond acceptors (Lipinski definition) is 2. The molecule has 20 heavy (non-hydrogen) atoms. The first-order valence-electron chi connectivity index (χ1n) is 7.55. The van der Waals surface area contributed by atoms with Gasteiger partial charge in [0.05, 0.1) is 11.4 Å². The van der Waals surface area contributed by atoms with Gasteiger partial charge >= 0.3 is 0 Å². The fourth-order valence-electron chi connectivity index (χ4n) is 2.84. The molecule has 0 aromatic heterocycles. The molecule has 1 fully saturated rings. The molecule has 0 radical (unpaired) electrons. The average molecular weight is 266 g/mol. The molecule has 0 unspecified atom stereocenters. The molecule has 0 amide bonds. The van der Waals surface area contributed by atoms with E-state index < -0.39 is 0 Å². The lowest BCUT2D eigenvalue weighted by Gasteiger charge is -2.22. The molecule has 1 saturated heterocycles. The molecule has 1 aliphatic heterocycles. The van der Waals surface area contributed by atoms with E-state index >= 15 is 0 Å². The van der Waals surface area contributed by atoms with E-state index in [0.717, 1.165) is 13.0 Å². The normalized spacial score (nSPS) is 14.5. The molecule has 0 atom stereocenters. The molecule has 0 saturated carbocycles. The van der Waals surface area contributed by atoms with Crippen molar-refractivity contribution in [1.29, 1.82) is 0 Å². The lowest BCUT2D eigenvalue weighted by Crippen LogP contribution is -2.19. The maximum absolute atomic E-state index is 3.60. The smallest absolute Gasteiger partial charge is 0.0602 e. The Bertz CT molecular complexity index is 530. The van der Waals surface area contributed by atoms with Crippen LogP contribution in [0.3, 0.4) is 0 Å². The summed E-state index contributed by atoms with van der Waals surface area (Å²) in [6, 6.07) is 19.3. The van der Waals surface area contributed by atoms with E-state index in [-0.39, 0.29) is 0 Å². The summed E-state index contributed by atoms with van der Waals surface area (Å²) in [4.78, 5) is 2.49. The molecular formula is C18H22N2. The van der Waals surface area contributed by atoms with E-state index in [1.807, 2.05) is 0 Å². The predicted octanol–water partition coefficient (Wildman–Crippen LogP) is 3.94. The first kappa shape index (κ1) is 13.0. The van der Waals surface area contributed by atoms with Crippen molar-refractivity contribution in [2.24, 2.45) is 0 Å². The van der Waals surface area contributed by atoms with Crippen molar-refractivity contribution in [3.8, 4) is 0 Å². The van der Waals surface area contributed by atoms with Crippen LogP contribution in [-0.4, -0.2) is 19.6 Å². The fourth-order valence-corrected chi connectivity index (χ4v) is 2.84. The Balaban J connectivity index is 1.62. The number of nitrogens with zero attached hydrogens (tertiary/aromatic N) is 1. The van der Waals surface area contributed by atoms with Crippen molar-refractivity contribution in [2.45, 2.75) is 19.3 Å². The van der Waals surface area contributed by atoms with Crippen LogP contribution in [0, 0.1) is 0 Å². The molecule has 0 aliphatic carbocycles. The molecule has 1 aliphatic rings. The van der Waals surface area contributed by atoms with Crippen LogP contribution in [-0.2, 0) is 6.42 Å². The van der Waals surface area contributed by atoms with Crippen LogP contribution in [0.25, 0.3) is 0 Å². The third-order valence-electron chi connectivity index (χ3n) is 3.92. The quantitative estimate of drug-likeness (QED) is 0.881. The summed E-state index contributed by atoms with van der Waals surface area (Å²) in [7, 11) is 0. The Labute approximate surface area is 121 Å². The Morgan fingerprint density at radius 3 is 2.35 bits per heavy atom. The Kier molecular flexibility index (Phi) is 4.22. The van der Waals surface area contributed by atoms with Gasteiger partial charge in [-0.1, -0.05) is 42.5 Å².